The molecule has 0 spiro atoms. The van der Waals surface area contributed by atoms with E-state index in [2.05, 4.69) is 15.5 Å². The van der Waals surface area contributed by atoms with Crippen LogP contribution in [0, 0.1) is 5.82 Å². The van der Waals surface area contributed by atoms with Crippen molar-refractivity contribution in [2.45, 2.75) is 6.54 Å². The van der Waals surface area contributed by atoms with E-state index in [-0.39, 0.29) is 23.3 Å². The van der Waals surface area contributed by atoms with Crippen LogP contribution in [0.5, 0.6) is 0 Å². The Morgan fingerprint density at radius 1 is 1.18 bits per heavy atom. The molecule has 4 rings (SSSR count). The van der Waals surface area contributed by atoms with Gasteiger partial charge in [-0.1, -0.05) is 28.9 Å². The number of nitrogens with zero attached hydrogens (tertiary/aromatic N) is 3. The van der Waals surface area contributed by atoms with Crippen LogP contribution in [-0.4, -0.2) is 20.6 Å². The molecule has 1 amide bonds. The SMILES string of the molecule is O=C(Cn1cnc2onc(-c3ccc(F)cc3)c2c1=O)Nc1ccccc1Cl. The van der Waals surface area contributed by atoms with Crippen LogP contribution in [-0.2, 0) is 11.3 Å². The van der Waals surface area contributed by atoms with Gasteiger partial charge >= 0.3 is 0 Å². The molecular formula is C19H12ClFN4O3. The average molecular weight is 399 g/mol. The molecule has 0 aliphatic carbocycles. The molecule has 7 nitrogen and oxygen atoms in total. The number of fused-ring (bicyclic) bond motifs is 1. The largest absolute Gasteiger partial charge is 0.335 e. The summed E-state index contributed by atoms with van der Waals surface area (Å²) in [7, 11) is 0. The fourth-order valence-corrected chi connectivity index (χ4v) is 2.89. The molecule has 1 N–H and O–H groups in total. The minimum absolute atomic E-state index is 0.0343. The van der Waals surface area contributed by atoms with E-state index in [4.69, 9.17) is 16.1 Å². The van der Waals surface area contributed by atoms with Crippen molar-refractivity contribution in [2.24, 2.45) is 0 Å². The van der Waals surface area contributed by atoms with E-state index in [0.717, 1.165) is 4.57 Å². The van der Waals surface area contributed by atoms with E-state index < -0.39 is 17.3 Å². The molecule has 28 heavy (non-hydrogen) atoms. The molecule has 9 heteroatoms. The fraction of sp³-hybridized carbons (Fsp3) is 0.0526. The summed E-state index contributed by atoms with van der Waals surface area (Å²) >= 11 is 6.02. The summed E-state index contributed by atoms with van der Waals surface area (Å²) in [4.78, 5) is 29.2. The number of anilines is 1. The Balaban J connectivity index is 1.67. The normalized spacial score (nSPS) is 10.9. The van der Waals surface area contributed by atoms with Gasteiger partial charge in [-0.3, -0.25) is 14.2 Å². The molecule has 2 aromatic heterocycles. The predicted molar refractivity (Wildman–Crippen MR) is 102 cm³/mol. The third-order valence-corrected chi connectivity index (χ3v) is 4.37. The van der Waals surface area contributed by atoms with Crippen LogP contribution in [0.25, 0.3) is 22.4 Å². The summed E-state index contributed by atoms with van der Waals surface area (Å²) in [5.41, 5.74) is 0.700. The first-order valence-corrected chi connectivity index (χ1v) is 8.56. The summed E-state index contributed by atoms with van der Waals surface area (Å²) < 4.78 is 19.4. The minimum Gasteiger partial charge on any atom is -0.335 e. The second-order valence-electron chi connectivity index (χ2n) is 5.92. The molecule has 0 unspecified atom stereocenters. The van der Waals surface area contributed by atoms with E-state index in [1.807, 2.05) is 0 Å². The molecule has 0 fully saturated rings. The third-order valence-electron chi connectivity index (χ3n) is 4.04. The Kier molecular flexibility index (Phi) is 4.62. The molecule has 0 saturated carbocycles. The van der Waals surface area contributed by atoms with Gasteiger partial charge in [0, 0.05) is 5.56 Å². The number of amides is 1. The molecule has 4 aromatic rings. The Morgan fingerprint density at radius 3 is 2.68 bits per heavy atom. The summed E-state index contributed by atoms with van der Waals surface area (Å²) in [5.74, 6) is -0.862. The van der Waals surface area contributed by atoms with Gasteiger partial charge in [0.25, 0.3) is 11.3 Å². The standard InChI is InChI=1S/C19H12ClFN4O3/c20-13-3-1-2-4-14(13)23-15(26)9-25-10-22-18-16(19(25)27)17(24-28-18)11-5-7-12(21)8-6-11/h1-8,10H,9H2,(H,23,26). The van der Waals surface area contributed by atoms with Gasteiger partial charge in [0.05, 0.1) is 10.7 Å². The monoisotopic (exact) mass is 398 g/mol. The number of hydrogen-bond donors (Lipinski definition) is 1. The zero-order valence-electron chi connectivity index (χ0n) is 14.2. The predicted octanol–water partition coefficient (Wildman–Crippen LogP) is 3.48. The number of carbonyl (C=O) groups excluding carboxylic acids is 1. The van der Waals surface area contributed by atoms with Crippen molar-refractivity contribution in [2.75, 3.05) is 5.32 Å². The number of nitrogens with one attached hydrogen (secondary N) is 1. The van der Waals surface area contributed by atoms with Crippen molar-refractivity contribution < 1.29 is 13.7 Å². The summed E-state index contributed by atoms with van der Waals surface area (Å²) in [6.07, 6.45) is 1.20. The third kappa shape index (κ3) is 3.37. The summed E-state index contributed by atoms with van der Waals surface area (Å²) in [6.45, 7) is -0.277. The van der Waals surface area contributed by atoms with Crippen LogP contribution in [0.3, 0.4) is 0 Å². The summed E-state index contributed by atoms with van der Waals surface area (Å²) in [6, 6.07) is 12.2. The Hall–Kier alpha value is -3.52. The van der Waals surface area contributed by atoms with Gasteiger partial charge in [0.15, 0.2) is 0 Å². The van der Waals surface area contributed by atoms with Crippen molar-refractivity contribution in [3.63, 3.8) is 0 Å². The van der Waals surface area contributed by atoms with Crippen molar-refractivity contribution in [3.05, 3.63) is 76.1 Å². The Labute approximate surface area is 162 Å². The molecular weight excluding hydrogens is 387 g/mol. The lowest BCUT2D eigenvalue weighted by Crippen LogP contribution is -2.28. The molecule has 0 aliphatic rings. The lowest BCUT2D eigenvalue weighted by molar-refractivity contribution is -0.116. The lowest BCUT2D eigenvalue weighted by Gasteiger charge is -2.08. The van der Waals surface area contributed by atoms with Crippen LogP contribution in [0.1, 0.15) is 0 Å². The maximum absolute atomic E-state index is 13.2. The quantitative estimate of drug-likeness (QED) is 0.568. The topological polar surface area (TPSA) is 90.0 Å². The number of benzene rings is 2. The highest BCUT2D eigenvalue weighted by molar-refractivity contribution is 6.33. The number of hydrogen-bond acceptors (Lipinski definition) is 5. The van der Waals surface area contributed by atoms with E-state index in [0.29, 0.717) is 16.3 Å². The maximum Gasteiger partial charge on any atom is 0.267 e. The van der Waals surface area contributed by atoms with Gasteiger partial charge in [0.2, 0.25) is 5.91 Å². The molecule has 0 atom stereocenters. The Bertz CT molecular complexity index is 1230. The first-order chi connectivity index (χ1) is 13.5. The molecule has 0 aliphatic heterocycles. The number of aromatic nitrogens is 3. The number of rotatable bonds is 4. The second-order valence-corrected chi connectivity index (χ2v) is 6.33. The van der Waals surface area contributed by atoms with Crippen molar-refractivity contribution in [3.8, 4) is 11.3 Å². The molecule has 140 valence electrons. The molecule has 0 bridgehead atoms. The van der Waals surface area contributed by atoms with Gasteiger partial charge in [-0.25, -0.2) is 9.37 Å². The first-order valence-electron chi connectivity index (χ1n) is 8.18. The van der Waals surface area contributed by atoms with Gasteiger partial charge in [-0.05, 0) is 36.4 Å². The number of carbonyl (C=O) groups is 1. The highest BCUT2D eigenvalue weighted by Crippen LogP contribution is 2.24. The first kappa shape index (κ1) is 17.9. The van der Waals surface area contributed by atoms with Crippen molar-refractivity contribution in [1.29, 1.82) is 0 Å². The van der Waals surface area contributed by atoms with E-state index in [1.54, 1.807) is 24.3 Å². The van der Waals surface area contributed by atoms with Gasteiger partial charge in [-0.15, -0.1) is 0 Å². The number of halogens is 2. The van der Waals surface area contributed by atoms with Crippen LogP contribution < -0.4 is 10.9 Å². The second kappa shape index (κ2) is 7.24. The zero-order valence-corrected chi connectivity index (χ0v) is 15.0. The van der Waals surface area contributed by atoms with Crippen LogP contribution >= 0.6 is 11.6 Å². The van der Waals surface area contributed by atoms with E-state index in [9.17, 15) is 14.0 Å². The van der Waals surface area contributed by atoms with Crippen LogP contribution in [0.15, 0.2) is 64.2 Å². The van der Waals surface area contributed by atoms with Gasteiger partial charge < -0.3 is 9.84 Å². The summed E-state index contributed by atoms with van der Waals surface area (Å²) in [5, 5.41) is 7.00. The van der Waals surface area contributed by atoms with E-state index >= 15 is 0 Å². The smallest absolute Gasteiger partial charge is 0.267 e. The van der Waals surface area contributed by atoms with Crippen LogP contribution in [0.2, 0.25) is 5.02 Å². The van der Waals surface area contributed by atoms with Crippen LogP contribution in [0.4, 0.5) is 10.1 Å². The Morgan fingerprint density at radius 2 is 1.93 bits per heavy atom. The van der Waals surface area contributed by atoms with Crippen molar-refractivity contribution in [1.82, 2.24) is 14.7 Å². The van der Waals surface area contributed by atoms with Crippen molar-refractivity contribution >= 4 is 34.3 Å². The van der Waals surface area contributed by atoms with Gasteiger partial charge in [0.1, 0.15) is 29.8 Å². The van der Waals surface area contributed by atoms with E-state index in [1.165, 1.54) is 30.6 Å². The molecule has 2 aromatic carbocycles. The van der Waals surface area contributed by atoms with Gasteiger partial charge in [-0.2, -0.15) is 0 Å². The highest BCUT2D eigenvalue weighted by Gasteiger charge is 2.18. The lowest BCUT2D eigenvalue weighted by atomic mass is 10.1. The maximum atomic E-state index is 13.2. The zero-order chi connectivity index (χ0) is 19.7. The number of para-hydroxylation sites is 1. The highest BCUT2D eigenvalue weighted by atomic mass is 35.5. The fourth-order valence-electron chi connectivity index (χ4n) is 2.70. The molecule has 0 saturated heterocycles. The molecule has 2 heterocycles. The average Bonchev–Trinajstić information content (AvgIpc) is 3.11. The minimum atomic E-state index is -0.500. The molecule has 0 radical (unpaired) electrons.